The Balaban J connectivity index is 1.44. The van der Waals surface area contributed by atoms with Gasteiger partial charge in [-0.2, -0.15) is 25.3 Å². The number of H-pyrrole nitrogens is 1. The van der Waals surface area contributed by atoms with Crippen LogP contribution in [0, 0.1) is 0 Å². The van der Waals surface area contributed by atoms with Crippen molar-refractivity contribution in [2.75, 3.05) is 18.1 Å². The van der Waals surface area contributed by atoms with Gasteiger partial charge in [0, 0.05) is 54.3 Å². The average molecular weight is 1080 g/mol. The molecule has 0 aliphatic rings. The number of aliphatic hydroxyl groups excluding tert-OH is 1. The summed E-state index contributed by atoms with van der Waals surface area (Å²) in [7, 11) is 0. The highest BCUT2D eigenvalue weighted by Gasteiger charge is 2.36. The average Bonchev–Trinajstić information content (AvgIpc) is 3.83. The van der Waals surface area contributed by atoms with Gasteiger partial charge in [0.05, 0.1) is 12.1 Å². The van der Waals surface area contributed by atoms with Gasteiger partial charge in [-0.1, -0.05) is 109 Å². The number of hydrogen-bond donors (Lipinski definition) is 14. The number of amides is 7. The van der Waals surface area contributed by atoms with Crippen molar-refractivity contribution >= 4 is 83.5 Å². The monoisotopic (exact) mass is 1080 g/mol. The van der Waals surface area contributed by atoms with Crippen LogP contribution in [0.15, 0.2) is 121 Å². The number of rotatable bonds is 30. The Bertz CT molecular complexity index is 2720. The molecule has 5 aromatic rings. The van der Waals surface area contributed by atoms with E-state index < -0.39 is 102 Å². The fraction of sp³-hybridized carbons (Fsp3) is 0.370. The number of carbonyl (C=O) groups excluding carboxylic acids is 7. The maximum absolute atomic E-state index is 14.8. The summed E-state index contributed by atoms with van der Waals surface area (Å²) in [5.74, 6) is -7.29. The van der Waals surface area contributed by atoms with Gasteiger partial charge >= 0.3 is 5.97 Å². The Hall–Kier alpha value is -7.24. The summed E-state index contributed by atoms with van der Waals surface area (Å²) in [4.78, 5) is 114. The molecular formula is C54H68N10O10S2. The van der Waals surface area contributed by atoms with Crippen molar-refractivity contribution in [1.82, 2.24) is 42.2 Å². The minimum Gasteiger partial charge on any atom is -0.480 e. The van der Waals surface area contributed by atoms with Crippen molar-refractivity contribution in [2.24, 2.45) is 11.5 Å². The first-order chi connectivity index (χ1) is 36.5. The molecule has 0 fully saturated rings. The van der Waals surface area contributed by atoms with Crippen LogP contribution in [0.2, 0.25) is 0 Å². The van der Waals surface area contributed by atoms with E-state index in [0.29, 0.717) is 35.1 Å². The molecule has 0 saturated heterocycles. The van der Waals surface area contributed by atoms with Gasteiger partial charge in [0.2, 0.25) is 41.4 Å². The van der Waals surface area contributed by atoms with E-state index in [1.54, 1.807) is 97.2 Å². The summed E-state index contributed by atoms with van der Waals surface area (Å²) in [5.41, 5.74) is 15.1. The second-order valence-corrected chi connectivity index (χ2v) is 19.1. The van der Waals surface area contributed by atoms with Crippen LogP contribution in [0.3, 0.4) is 0 Å². The molecule has 0 bridgehead atoms. The molecule has 1 heterocycles. The number of benzene rings is 4. The van der Waals surface area contributed by atoms with Gasteiger partial charge in [-0.25, -0.2) is 4.79 Å². The molecule has 22 heteroatoms. The fourth-order valence-corrected chi connectivity index (χ4v) is 8.64. The van der Waals surface area contributed by atoms with Gasteiger partial charge in [-0.15, -0.1) is 0 Å². The van der Waals surface area contributed by atoms with Crippen LogP contribution >= 0.6 is 25.3 Å². The molecule has 0 radical (unpaired) electrons. The van der Waals surface area contributed by atoms with Crippen LogP contribution in [0.1, 0.15) is 48.4 Å². The molecule has 14 N–H and O–H groups in total. The summed E-state index contributed by atoms with van der Waals surface area (Å²) >= 11 is 8.16. The van der Waals surface area contributed by atoms with Crippen LogP contribution in [0.5, 0.6) is 0 Å². The molecule has 5 rings (SSSR count). The number of para-hydroxylation sites is 1. The highest BCUT2D eigenvalue weighted by Crippen LogP contribution is 2.20. The number of nitrogens with two attached hydrogens (primary N) is 2. The lowest BCUT2D eigenvalue weighted by atomic mass is 10.00. The van der Waals surface area contributed by atoms with E-state index in [1.807, 2.05) is 24.3 Å². The lowest BCUT2D eigenvalue weighted by molar-refractivity contribution is -0.141. The zero-order valence-corrected chi connectivity index (χ0v) is 43.8. The zero-order valence-electron chi connectivity index (χ0n) is 42.0. The predicted molar refractivity (Wildman–Crippen MR) is 294 cm³/mol. The van der Waals surface area contributed by atoms with Crippen molar-refractivity contribution in [3.63, 3.8) is 0 Å². The number of thiol groups is 2. The predicted octanol–water partition coefficient (Wildman–Crippen LogP) is 0.613. The topological polar surface area (TPSA) is 329 Å². The highest BCUT2D eigenvalue weighted by atomic mass is 32.1. The van der Waals surface area contributed by atoms with Crippen LogP contribution in [0.25, 0.3) is 10.9 Å². The minimum atomic E-state index is -1.69. The number of aliphatic carboxylic acids is 1. The van der Waals surface area contributed by atoms with Gasteiger partial charge in [-0.3, -0.25) is 33.6 Å². The van der Waals surface area contributed by atoms with Crippen LogP contribution in [-0.4, -0.2) is 135 Å². The third kappa shape index (κ3) is 18.3. The largest absolute Gasteiger partial charge is 0.480 e. The summed E-state index contributed by atoms with van der Waals surface area (Å²) in [6.45, 7) is 1.49. The van der Waals surface area contributed by atoms with Crippen molar-refractivity contribution in [1.29, 1.82) is 0 Å². The van der Waals surface area contributed by atoms with Crippen molar-refractivity contribution in [2.45, 2.75) is 106 Å². The molecule has 0 aliphatic carbocycles. The molecule has 0 saturated carbocycles. The van der Waals surface area contributed by atoms with Gasteiger partial charge in [0.15, 0.2) is 0 Å². The number of aromatic amines is 1. The van der Waals surface area contributed by atoms with Gasteiger partial charge in [-0.05, 0) is 61.1 Å². The summed E-state index contributed by atoms with van der Waals surface area (Å²) < 4.78 is 0. The molecule has 7 amide bonds. The Labute approximate surface area is 451 Å². The van der Waals surface area contributed by atoms with Crippen molar-refractivity contribution in [3.8, 4) is 0 Å². The SMILES string of the molecule is C[C@@H](O)[C@H](NC(=O)[C@H](CCCCN)NC(=O)[C@H](Cc1c[nH]c2ccccc12)NC(=O)[C@H](Cc1ccccc1)NC(=O)[C@H](Cc1ccccc1)NC(=O)[C@@H](N)CS)C(=O)N[C@@H](Cc1ccccc1)C(=O)N[C@@H](CS)C(=O)O. The van der Waals surface area contributed by atoms with Crippen molar-refractivity contribution in [3.05, 3.63) is 144 Å². The third-order valence-electron chi connectivity index (χ3n) is 12.5. The molecule has 4 aromatic carbocycles. The Morgan fingerprint density at radius 3 is 1.37 bits per heavy atom. The molecule has 1 aromatic heterocycles. The normalized spacial score (nSPS) is 14.7. The number of carboxylic acid groups (broad SMARTS) is 1. The molecular weight excluding hydrogens is 1010 g/mol. The van der Waals surface area contributed by atoms with E-state index in [-0.39, 0.29) is 50.2 Å². The number of carboxylic acids is 1. The van der Waals surface area contributed by atoms with E-state index in [0.717, 1.165) is 10.9 Å². The number of nitrogens with one attached hydrogen (secondary N) is 8. The maximum Gasteiger partial charge on any atom is 0.327 e. The van der Waals surface area contributed by atoms with Gasteiger partial charge < -0.3 is 63.9 Å². The van der Waals surface area contributed by atoms with E-state index in [4.69, 9.17) is 11.5 Å². The standard InChI is InChI=1S/C54H68N10O10S2/c1-32(65)46(53(72)62-43(27-35-19-9-4-10-20-35)51(70)63-45(31-76)54(73)74)64-48(67)40(23-13-14-24-55)58-52(71)44(28-36-29-57-39-22-12-11-21-37(36)39)61-50(69)42(26-34-17-7-3-8-18-34)60-49(68)41(59-47(66)38(56)30-75)25-33-15-5-2-6-16-33/h2-12,15-22,29,32,38,40-46,57,65,75-76H,13-14,23-28,30-31,55-56H2,1H3,(H,58,71)(H,59,66)(H,60,68)(H,61,69)(H,62,72)(H,63,70)(H,64,67)(H,73,74)/t32-,38+,40+,41+,42+,43+,44+,45+,46+/m1/s1. The number of carbonyl (C=O) groups is 8. The summed E-state index contributed by atoms with van der Waals surface area (Å²) in [5, 5.41) is 39.8. The van der Waals surface area contributed by atoms with Gasteiger partial charge in [0.1, 0.15) is 42.3 Å². The molecule has 406 valence electrons. The Morgan fingerprint density at radius 2 is 0.921 bits per heavy atom. The Kier molecular flexibility index (Phi) is 23.8. The fourth-order valence-electron chi connectivity index (χ4n) is 8.23. The number of aliphatic hydroxyl groups is 1. The van der Waals surface area contributed by atoms with Crippen LogP contribution in [-0.2, 0) is 64.0 Å². The van der Waals surface area contributed by atoms with Crippen LogP contribution < -0.4 is 48.7 Å². The number of fused-ring (bicyclic) bond motifs is 1. The lowest BCUT2D eigenvalue weighted by Crippen LogP contribution is -2.62. The molecule has 9 atom stereocenters. The molecule has 20 nitrogen and oxygen atoms in total. The van der Waals surface area contributed by atoms with E-state index >= 15 is 0 Å². The quantitative estimate of drug-likeness (QED) is 0.0222. The first-order valence-corrected chi connectivity index (χ1v) is 26.2. The van der Waals surface area contributed by atoms with E-state index in [9.17, 15) is 48.6 Å². The van der Waals surface area contributed by atoms with Gasteiger partial charge in [0.25, 0.3) is 0 Å². The summed E-state index contributed by atoms with van der Waals surface area (Å²) in [6.07, 6.45) is 0.676. The molecule has 0 spiro atoms. The lowest BCUT2D eigenvalue weighted by Gasteiger charge is -2.29. The minimum absolute atomic E-state index is 0.00124. The number of hydrogen-bond acceptors (Lipinski definition) is 13. The van der Waals surface area contributed by atoms with Crippen molar-refractivity contribution < 1.29 is 48.6 Å². The first kappa shape index (κ1) is 59.6. The second-order valence-electron chi connectivity index (χ2n) is 18.3. The highest BCUT2D eigenvalue weighted by molar-refractivity contribution is 7.80. The van der Waals surface area contributed by atoms with E-state index in [1.165, 1.54) is 6.92 Å². The Morgan fingerprint density at radius 1 is 0.513 bits per heavy atom. The second kappa shape index (κ2) is 30.3. The first-order valence-electron chi connectivity index (χ1n) is 24.9. The van der Waals surface area contributed by atoms with E-state index in [2.05, 4.69) is 67.5 Å². The molecule has 0 aliphatic heterocycles. The van der Waals surface area contributed by atoms with Crippen LogP contribution in [0.4, 0.5) is 0 Å². The zero-order chi connectivity index (χ0) is 55.1. The summed E-state index contributed by atoms with van der Waals surface area (Å²) in [6, 6.07) is 22.9. The number of unbranched alkanes of at least 4 members (excludes halogenated alkanes) is 1. The maximum atomic E-state index is 14.8. The number of aromatic nitrogens is 1. The molecule has 0 unspecified atom stereocenters. The third-order valence-corrected chi connectivity index (χ3v) is 13.2. The smallest absolute Gasteiger partial charge is 0.327 e. The molecule has 76 heavy (non-hydrogen) atoms.